The summed E-state index contributed by atoms with van der Waals surface area (Å²) in [4.78, 5) is 12.2. The topological polar surface area (TPSA) is 76.6 Å². The first-order valence-corrected chi connectivity index (χ1v) is 5.57. The van der Waals surface area contributed by atoms with Crippen LogP contribution in [0.25, 0.3) is 11.0 Å². The maximum absolute atomic E-state index is 5.81. The second kappa shape index (κ2) is 4.23. The van der Waals surface area contributed by atoms with Gasteiger partial charge in [0.05, 0.1) is 12.4 Å². The fourth-order valence-corrected chi connectivity index (χ4v) is 1.65. The van der Waals surface area contributed by atoms with E-state index in [0.29, 0.717) is 22.7 Å². The van der Waals surface area contributed by atoms with Crippen molar-refractivity contribution in [3.8, 4) is 11.6 Å². The predicted molar refractivity (Wildman–Crippen MR) is 65.7 cm³/mol. The van der Waals surface area contributed by atoms with E-state index in [1.807, 2.05) is 19.1 Å². The van der Waals surface area contributed by atoms with Gasteiger partial charge in [0, 0.05) is 5.69 Å². The van der Waals surface area contributed by atoms with E-state index in [2.05, 4.69) is 25.1 Å². The average molecular weight is 262 g/mol. The summed E-state index contributed by atoms with van der Waals surface area (Å²) in [6.07, 6.45) is 3.21. The lowest BCUT2D eigenvalue weighted by molar-refractivity contribution is 0.466. The van der Waals surface area contributed by atoms with E-state index in [0.717, 1.165) is 5.69 Å². The molecule has 18 heavy (non-hydrogen) atoms. The Morgan fingerprint density at radius 2 is 2.11 bits per heavy atom. The molecule has 3 aromatic rings. The van der Waals surface area contributed by atoms with Crippen LogP contribution < -0.4 is 4.74 Å². The molecule has 0 fully saturated rings. The summed E-state index contributed by atoms with van der Waals surface area (Å²) < 4.78 is 5.63. The van der Waals surface area contributed by atoms with Gasteiger partial charge in [-0.05, 0) is 30.7 Å². The number of halogens is 1. The van der Waals surface area contributed by atoms with Gasteiger partial charge in [-0.1, -0.05) is 0 Å². The number of H-pyrrole nitrogens is 1. The molecule has 3 aromatic heterocycles. The number of aryl methyl sites for hydroxylation is 1. The number of hydrogen-bond acceptors (Lipinski definition) is 5. The highest BCUT2D eigenvalue weighted by atomic mass is 35.5. The van der Waals surface area contributed by atoms with Gasteiger partial charge in [0.2, 0.25) is 11.2 Å². The van der Waals surface area contributed by atoms with Crippen molar-refractivity contribution >= 4 is 22.6 Å². The number of rotatable bonds is 2. The third-order valence-corrected chi connectivity index (χ3v) is 2.52. The summed E-state index contributed by atoms with van der Waals surface area (Å²) in [5.74, 6) is 0.933. The van der Waals surface area contributed by atoms with Crippen molar-refractivity contribution in [2.24, 2.45) is 0 Å². The number of fused-ring (bicyclic) bond motifs is 1. The van der Waals surface area contributed by atoms with E-state index in [1.54, 1.807) is 12.4 Å². The molecule has 0 aliphatic rings. The van der Waals surface area contributed by atoms with Gasteiger partial charge in [0.25, 0.3) is 0 Å². The van der Waals surface area contributed by atoms with Crippen molar-refractivity contribution in [2.45, 2.75) is 6.92 Å². The number of nitrogens with zero attached hydrogens (tertiary/aromatic N) is 4. The van der Waals surface area contributed by atoms with Crippen LogP contribution in [0.15, 0.2) is 24.5 Å². The minimum atomic E-state index is 0.0989. The number of nitrogens with one attached hydrogen (secondary N) is 1. The number of aromatic nitrogens is 5. The van der Waals surface area contributed by atoms with E-state index in [9.17, 15) is 0 Å². The Labute approximate surface area is 107 Å². The highest BCUT2D eigenvalue weighted by Crippen LogP contribution is 2.26. The lowest BCUT2D eigenvalue weighted by Crippen LogP contribution is -1.92. The second-order valence-electron chi connectivity index (χ2n) is 3.67. The normalized spacial score (nSPS) is 10.8. The largest absolute Gasteiger partial charge is 0.436 e. The molecule has 0 saturated heterocycles. The van der Waals surface area contributed by atoms with Crippen molar-refractivity contribution in [3.05, 3.63) is 35.5 Å². The molecule has 1 N–H and O–H groups in total. The Hall–Kier alpha value is -2.21. The Morgan fingerprint density at radius 1 is 1.22 bits per heavy atom. The van der Waals surface area contributed by atoms with Crippen LogP contribution in [0.2, 0.25) is 5.28 Å². The lowest BCUT2D eigenvalue weighted by Gasteiger charge is -2.05. The van der Waals surface area contributed by atoms with E-state index in [-0.39, 0.29) is 5.28 Å². The molecule has 0 aromatic carbocycles. The van der Waals surface area contributed by atoms with Gasteiger partial charge in [-0.3, -0.25) is 10.1 Å². The fourth-order valence-electron chi connectivity index (χ4n) is 1.49. The Balaban J connectivity index is 2.03. The summed E-state index contributed by atoms with van der Waals surface area (Å²) in [6, 6.07) is 3.66. The molecule has 0 amide bonds. The maximum atomic E-state index is 5.81. The molecule has 0 bridgehead atoms. The molecule has 7 heteroatoms. The molecule has 90 valence electrons. The monoisotopic (exact) mass is 261 g/mol. The number of ether oxygens (including phenoxy) is 1. The number of pyridine rings is 1. The zero-order valence-corrected chi connectivity index (χ0v) is 10.1. The zero-order chi connectivity index (χ0) is 12.5. The highest BCUT2D eigenvalue weighted by molar-refractivity contribution is 6.28. The third kappa shape index (κ3) is 1.98. The maximum Gasteiger partial charge on any atom is 0.234 e. The van der Waals surface area contributed by atoms with Crippen LogP contribution in [0.4, 0.5) is 0 Å². The van der Waals surface area contributed by atoms with Gasteiger partial charge >= 0.3 is 0 Å². The first-order valence-electron chi connectivity index (χ1n) is 5.19. The second-order valence-corrected chi connectivity index (χ2v) is 4.01. The average Bonchev–Trinajstić information content (AvgIpc) is 2.80. The summed E-state index contributed by atoms with van der Waals surface area (Å²) in [5, 5.41) is 7.36. The van der Waals surface area contributed by atoms with Gasteiger partial charge in [0.1, 0.15) is 11.1 Å². The summed E-state index contributed by atoms with van der Waals surface area (Å²) in [5.41, 5.74) is 1.45. The SMILES string of the molecule is Cc1ccc(Oc2nc(Cl)nc3[nH]ncc23)cn1. The Bertz CT molecular complexity index is 694. The Morgan fingerprint density at radius 3 is 2.89 bits per heavy atom. The lowest BCUT2D eigenvalue weighted by atomic mass is 10.4. The van der Waals surface area contributed by atoms with E-state index < -0.39 is 0 Å². The van der Waals surface area contributed by atoms with Crippen LogP contribution >= 0.6 is 11.6 Å². The Kier molecular flexibility index (Phi) is 2.56. The van der Waals surface area contributed by atoms with Crippen molar-refractivity contribution < 1.29 is 4.74 Å². The number of aromatic amines is 1. The molecule has 0 aliphatic heterocycles. The molecule has 0 atom stereocenters. The predicted octanol–water partition coefficient (Wildman–Crippen LogP) is 2.50. The zero-order valence-electron chi connectivity index (χ0n) is 9.38. The highest BCUT2D eigenvalue weighted by Gasteiger charge is 2.10. The van der Waals surface area contributed by atoms with Crippen molar-refractivity contribution in [3.63, 3.8) is 0 Å². The first kappa shape index (κ1) is 10.9. The minimum absolute atomic E-state index is 0.0989. The summed E-state index contributed by atoms with van der Waals surface area (Å²) in [7, 11) is 0. The van der Waals surface area contributed by atoms with Crippen LogP contribution in [-0.4, -0.2) is 25.1 Å². The molecule has 6 nitrogen and oxygen atoms in total. The van der Waals surface area contributed by atoms with Crippen LogP contribution in [0.5, 0.6) is 11.6 Å². The van der Waals surface area contributed by atoms with E-state index >= 15 is 0 Å². The molecular weight excluding hydrogens is 254 g/mol. The molecule has 0 aliphatic carbocycles. The fraction of sp³-hybridized carbons (Fsp3) is 0.0909. The minimum Gasteiger partial charge on any atom is -0.436 e. The molecule has 0 spiro atoms. The standard InChI is InChI=1S/C11H8ClN5O/c1-6-2-3-7(4-13-6)18-10-8-5-14-17-9(8)15-11(12)16-10/h2-5H,1H3,(H,14,15,16,17). The van der Waals surface area contributed by atoms with Crippen LogP contribution in [0.1, 0.15) is 5.69 Å². The van der Waals surface area contributed by atoms with Gasteiger partial charge in [-0.25, -0.2) is 0 Å². The molecule has 0 unspecified atom stereocenters. The molecule has 3 rings (SSSR count). The van der Waals surface area contributed by atoms with Crippen LogP contribution in [0.3, 0.4) is 0 Å². The van der Waals surface area contributed by atoms with Crippen molar-refractivity contribution in [2.75, 3.05) is 0 Å². The number of hydrogen-bond donors (Lipinski definition) is 1. The van der Waals surface area contributed by atoms with Gasteiger partial charge < -0.3 is 4.74 Å². The van der Waals surface area contributed by atoms with Crippen molar-refractivity contribution in [1.29, 1.82) is 0 Å². The van der Waals surface area contributed by atoms with Crippen LogP contribution in [0, 0.1) is 6.92 Å². The van der Waals surface area contributed by atoms with E-state index in [4.69, 9.17) is 16.3 Å². The van der Waals surface area contributed by atoms with Crippen molar-refractivity contribution in [1.82, 2.24) is 25.1 Å². The van der Waals surface area contributed by atoms with Gasteiger partial charge in [-0.2, -0.15) is 15.1 Å². The summed E-state index contributed by atoms with van der Waals surface area (Å²) in [6.45, 7) is 1.90. The smallest absolute Gasteiger partial charge is 0.234 e. The molecule has 0 radical (unpaired) electrons. The van der Waals surface area contributed by atoms with Gasteiger partial charge in [-0.15, -0.1) is 0 Å². The quantitative estimate of drug-likeness (QED) is 0.717. The first-order chi connectivity index (χ1) is 8.72. The van der Waals surface area contributed by atoms with Gasteiger partial charge in [0.15, 0.2) is 5.65 Å². The van der Waals surface area contributed by atoms with E-state index in [1.165, 1.54) is 0 Å². The molecule has 3 heterocycles. The molecule has 0 saturated carbocycles. The van der Waals surface area contributed by atoms with Crippen LogP contribution in [-0.2, 0) is 0 Å². The third-order valence-electron chi connectivity index (χ3n) is 2.35. The summed E-state index contributed by atoms with van der Waals surface area (Å²) >= 11 is 5.81. The molecular formula is C11H8ClN5O.